The molecule has 0 aromatic rings. The molecule has 0 saturated carbocycles. The van der Waals surface area contributed by atoms with Gasteiger partial charge in [-0.25, -0.2) is 0 Å². The number of hydrogen-bond donors (Lipinski definition) is 3. The van der Waals surface area contributed by atoms with Gasteiger partial charge < -0.3 is 15.5 Å². The van der Waals surface area contributed by atoms with Crippen molar-refractivity contribution in [1.29, 1.82) is 0 Å². The molecule has 3 N–H and O–H groups in total. The lowest BCUT2D eigenvalue weighted by Gasteiger charge is -2.19. The number of aliphatic hydroxyl groups excluding tert-OH is 2. The average molecular weight is 380 g/mol. The SMILES string of the molecule is CCCCC/C=C/CC/C=C/CC/C=C/C(O)C(CO)NC(=O)CCCC. The monoisotopic (exact) mass is 379 g/mol. The van der Waals surface area contributed by atoms with Crippen molar-refractivity contribution in [2.75, 3.05) is 6.61 Å². The van der Waals surface area contributed by atoms with Crippen molar-refractivity contribution in [3.05, 3.63) is 36.5 Å². The second-order valence-electron chi connectivity index (χ2n) is 6.97. The number of aliphatic hydroxyl groups is 2. The number of carbonyl (C=O) groups is 1. The van der Waals surface area contributed by atoms with Gasteiger partial charge in [-0.3, -0.25) is 4.79 Å². The van der Waals surface area contributed by atoms with E-state index in [0.717, 1.165) is 38.5 Å². The maximum Gasteiger partial charge on any atom is 0.220 e. The Morgan fingerprint density at radius 2 is 1.41 bits per heavy atom. The van der Waals surface area contributed by atoms with Crippen LogP contribution < -0.4 is 5.32 Å². The van der Waals surface area contributed by atoms with Crippen LogP contribution in [0.5, 0.6) is 0 Å². The molecule has 2 unspecified atom stereocenters. The van der Waals surface area contributed by atoms with Gasteiger partial charge in [-0.2, -0.15) is 0 Å². The average Bonchev–Trinajstić information content (AvgIpc) is 2.67. The molecule has 0 aliphatic rings. The van der Waals surface area contributed by atoms with E-state index in [2.05, 4.69) is 36.5 Å². The molecule has 0 aliphatic carbocycles. The van der Waals surface area contributed by atoms with Crippen LogP contribution in [-0.2, 0) is 4.79 Å². The number of unbranched alkanes of at least 4 members (excludes halogenated alkanes) is 6. The van der Waals surface area contributed by atoms with Gasteiger partial charge >= 0.3 is 0 Å². The Morgan fingerprint density at radius 1 is 0.852 bits per heavy atom. The molecule has 0 spiro atoms. The van der Waals surface area contributed by atoms with Crippen LogP contribution in [0, 0.1) is 0 Å². The molecule has 0 rings (SSSR count). The number of amides is 1. The number of carbonyl (C=O) groups excluding carboxylic acids is 1. The lowest BCUT2D eigenvalue weighted by molar-refractivity contribution is -0.122. The summed E-state index contributed by atoms with van der Waals surface area (Å²) in [6.07, 6.45) is 22.8. The number of hydrogen-bond acceptors (Lipinski definition) is 3. The number of nitrogens with one attached hydrogen (secondary N) is 1. The predicted molar refractivity (Wildman–Crippen MR) is 115 cm³/mol. The zero-order valence-corrected chi connectivity index (χ0v) is 17.4. The van der Waals surface area contributed by atoms with E-state index in [-0.39, 0.29) is 12.5 Å². The van der Waals surface area contributed by atoms with Crippen LogP contribution in [0.1, 0.15) is 84.5 Å². The molecular formula is C23H41NO3. The summed E-state index contributed by atoms with van der Waals surface area (Å²) in [6, 6.07) is -0.634. The van der Waals surface area contributed by atoms with Gasteiger partial charge in [0.1, 0.15) is 0 Å². The third-order valence-electron chi connectivity index (χ3n) is 4.35. The smallest absolute Gasteiger partial charge is 0.220 e. The molecule has 27 heavy (non-hydrogen) atoms. The summed E-state index contributed by atoms with van der Waals surface area (Å²) < 4.78 is 0. The Hall–Kier alpha value is -1.39. The molecule has 0 aromatic carbocycles. The summed E-state index contributed by atoms with van der Waals surface area (Å²) in [5.41, 5.74) is 0. The topological polar surface area (TPSA) is 69.6 Å². The van der Waals surface area contributed by atoms with Gasteiger partial charge in [-0.1, -0.05) is 69.6 Å². The maximum absolute atomic E-state index is 11.7. The Kier molecular flexibility index (Phi) is 18.4. The summed E-state index contributed by atoms with van der Waals surface area (Å²) in [5.74, 6) is -0.120. The minimum Gasteiger partial charge on any atom is -0.394 e. The van der Waals surface area contributed by atoms with E-state index < -0.39 is 12.1 Å². The van der Waals surface area contributed by atoms with Gasteiger partial charge in [-0.15, -0.1) is 0 Å². The molecule has 1 amide bonds. The summed E-state index contributed by atoms with van der Waals surface area (Å²) in [7, 11) is 0. The largest absolute Gasteiger partial charge is 0.394 e. The summed E-state index contributed by atoms with van der Waals surface area (Å²) in [5, 5.41) is 22.1. The van der Waals surface area contributed by atoms with Crippen molar-refractivity contribution in [1.82, 2.24) is 5.32 Å². The van der Waals surface area contributed by atoms with E-state index in [1.807, 2.05) is 13.0 Å². The standard InChI is InChI=1S/C23H41NO3/c1-3-5-7-8-9-10-11-12-13-14-15-16-17-18-22(26)21(20-25)24-23(27)19-6-4-2/h9-10,13-14,17-18,21-22,25-26H,3-8,11-12,15-16,19-20H2,1-2H3,(H,24,27)/b10-9+,14-13+,18-17+. The van der Waals surface area contributed by atoms with Crippen molar-refractivity contribution in [2.45, 2.75) is 96.6 Å². The molecule has 0 radical (unpaired) electrons. The Labute approximate surface area is 166 Å². The van der Waals surface area contributed by atoms with E-state index >= 15 is 0 Å². The lowest BCUT2D eigenvalue weighted by Crippen LogP contribution is -2.45. The van der Waals surface area contributed by atoms with E-state index in [0.29, 0.717) is 6.42 Å². The molecule has 4 nitrogen and oxygen atoms in total. The summed E-state index contributed by atoms with van der Waals surface area (Å²) in [6.45, 7) is 3.98. The highest BCUT2D eigenvalue weighted by Gasteiger charge is 2.17. The zero-order chi connectivity index (χ0) is 20.2. The van der Waals surface area contributed by atoms with Crippen LogP contribution in [0.2, 0.25) is 0 Å². The van der Waals surface area contributed by atoms with E-state index in [1.54, 1.807) is 6.08 Å². The first-order valence-corrected chi connectivity index (χ1v) is 10.7. The highest BCUT2D eigenvalue weighted by atomic mass is 16.3. The Morgan fingerprint density at radius 3 is 1.96 bits per heavy atom. The normalized spacial score (nSPS) is 14.4. The van der Waals surface area contributed by atoms with Crippen LogP contribution >= 0.6 is 0 Å². The summed E-state index contributed by atoms with van der Waals surface area (Å²) in [4.78, 5) is 11.7. The first-order chi connectivity index (χ1) is 13.2. The Balaban J connectivity index is 3.84. The van der Waals surface area contributed by atoms with Crippen molar-refractivity contribution in [3.8, 4) is 0 Å². The molecule has 0 saturated heterocycles. The lowest BCUT2D eigenvalue weighted by atomic mass is 10.1. The van der Waals surface area contributed by atoms with Gasteiger partial charge in [0.2, 0.25) is 5.91 Å². The zero-order valence-electron chi connectivity index (χ0n) is 17.4. The summed E-state index contributed by atoms with van der Waals surface area (Å²) >= 11 is 0. The third kappa shape index (κ3) is 16.5. The van der Waals surface area contributed by atoms with Crippen LogP contribution in [0.15, 0.2) is 36.5 Å². The van der Waals surface area contributed by atoms with Crippen LogP contribution in [0.25, 0.3) is 0 Å². The molecule has 0 heterocycles. The fourth-order valence-electron chi connectivity index (χ4n) is 2.59. The second kappa shape index (κ2) is 19.4. The Bertz CT molecular complexity index is 429. The van der Waals surface area contributed by atoms with Crippen LogP contribution in [-0.4, -0.2) is 34.9 Å². The maximum atomic E-state index is 11.7. The van der Waals surface area contributed by atoms with Crippen LogP contribution in [0.3, 0.4) is 0 Å². The number of rotatable bonds is 17. The van der Waals surface area contributed by atoms with Crippen molar-refractivity contribution < 1.29 is 15.0 Å². The minimum absolute atomic E-state index is 0.120. The van der Waals surface area contributed by atoms with Gasteiger partial charge in [0.15, 0.2) is 0 Å². The minimum atomic E-state index is -0.859. The fraction of sp³-hybridized carbons (Fsp3) is 0.696. The highest BCUT2D eigenvalue weighted by Crippen LogP contribution is 2.04. The molecule has 2 atom stereocenters. The first kappa shape index (κ1) is 25.6. The van der Waals surface area contributed by atoms with E-state index in [4.69, 9.17) is 0 Å². The van der Waals surface area contributed by atoms with Gasteiger partial charge in [0.25, 0.3) is 0 Å². The van der Waals surface area contributed by atoms with E-state index in [9.17, 15) is 15.0 Å². The predicted octanol–water partition coefficient (Wildman–Crippen LogP) is 4.82. The molecule has 0 bridgehead atoms. The molecule has 0 aromatic heterocycles. The highest BCUT2D eigenvalue weighted by molar-refractivity contribution is 5.76. The molecule has 0 fully saturated rings. The molecule has 4 heteroatoms. The van der Waals surface area contributed by atoms with Crippen molar-refractivity contribution >= 4 is 5.91 Å². The van der Waals surface area contributed by atoms with E-state index in [1.165, 1.54) is 25.7 Å². The van der Waals surface area contributed by atoms with Gasteiger partial charge in [0.05, 0.1) is 18.8 Å². The first-order valence-electron chi connectivity index (χ1n) is 10.7. The van der Waals surface area contributed by atoms with Gasteiger partial charge in [0, 0.05) is 6.42 Å². The second-order valence-corrected chi connectivity index (χ2v) is 6.97. The number of allylic oxidation sites excluding steroid dienone is 5. The quantitative estimate of drug-likeness (QED) is 0.250. The molecular weight excluding hydrogens is 338 g/mol. The van der Waals surface area contributed by atoms with Gasteiger partial charge in [-0.05, 0) is 44.9 Å². The fourth-order valence-corrected chi connectivity index (χ4v) is 2.59. The van der Waals surface area contributed by atoms with Crippen molar-refractivity contribution in [3.63, 3.8) is 0 Å². The third-order valence-corrected chi connectivity index (χ3v) is 4.35. The van der Waals surface area contributed by atoms with Crippen molar-refractivity contribution in [2.24, 2.45) is 0 Å². The molecule has 156 valence electrons. The molecule has 0 aliphatic heterocycles. The van der Waals surface area contributed by atoms with Crippen LogP contribution in [0.4, 0.5) is 0 Å².